The number of benzene rings is 1. The van der Waals surface area contributed by atoms with Crippen LogP contribution in [0.15, 0.2) is 18.3 Å². The third-order valence-corrected chi connectivity index (χ3v) is 3.93. The highest BCUT2D eigenvalue weighted by atomic mass is 35.5. The second-order valence-electron chi connectivity index (χ2n) is 5.05. The van der Waals surface area contributed by atoms with Crippen molar-refractivity contribution in [2.45, 2.75) is 32.7 Å². The third kappa shape index (κ3) is 2.58. The normalized spacial score (nSPS) is 14.7. The SMILES string of the molecule is Cc1cn(-c2cc(Cl)c(C)cc2Cl)c(NC2CC2)n1. The van der Waals surface area contributed by atoms with Gasteiger partial charge in [-0.1, -0.05) is 23.2 Å². The Morgan fingerprint density at radius 2 is 1.95 bits per heavy atom. The topological polar surface area (TPSA) is 29.9 Å². The van der Waals surface area contributed by atoms with Crippen molar-refractivity contribution in [2.75, 3.05) is 5.32 Å². The second kappa shape index (κ2) is 4.73. The lowest BCUT2D eigenvalue weighted by Gasteiger charge is -2.12. The Bertz CT molecular complexity index is 630. The van der Waals surface area contributed by atoms with Crippen LogP contribution < -0.4 is 5.32 Å². The predicted octanol–water partition coefficient (Wildman–Crippen LogP) is 4.37. The van der Waals surface area contributed by atoms with Crippen molar-refractivity contribution in [2.24, 2.45) is 0 Å². The van der Waals surface area contributed by atoms with Crippen molar-refractivity contribution in [3.05, 3.63) is 39.6 Å². The number of hydrogen-bond acceptors (Lipinski definition) is 2. The van der Waals surface area contributed by atoms with Gasteiger partial charge in [-0.05, 0) is 44.4 Å². The zero-order valence-electron chi connectivity index (χ0n) is 10.9. The van der Waals surface area contributed by atoms with Gasteiger partial charge in [-0.25, -0.2) is 4.98 Å². The molecule has 1 saturated carbocycles. The van der Waals surface area contributed by atoms with E-state index in [9.17, 15) is 0 Å². The molecule has 100 valence electrons. The molecular weight excluding hydrogens is 281 g/mol. The predicted molar refractivity (Wildman–Crippen MR) is 79.7 cm³/mol. The average molecular weight is 296 g/mol. The molecule has 0 amide bonds. The molecular formula is C14H15Cl2N3. The van der Waals surface area contributed by atoms with Gasteiger partial charge in [0.2, 0.25) is 5.95 Å². The van der Waals surface area contributed by atoms with E-state index >= 15 is 0 Å². The molecule has 0 atom stereocenters. The number of imidazole rings is 1. The van der Waals surface area contributed by atoms with Crippen molar-refractivity contribution in [1.29, 1.82) is 0 Å². The number of aromatic nitrogens is 2. The van der Waals surface area contributed by atoms with Gasteiger partial charge in [-0.2, -0.15) is 0 Å². The van der Waals surface area contributed by atoms with E-state index in [0.29, 0.717) is 16.1 Å². The number of aryl methyl sites for hydroxylation is 2. The summed E-state index contributed by atoms with van der Waals surface area (Å²) in [6.45, 7) is 3.92. The van der Waals surface area contributed by atoms with Gasteiger partial charge in [-0.15, -0.1) is 0 Å². The fourth-order valence-corrected chi connectivity index (χ4v) is 2.48. The Morgan fingerprint density at radius 1 is 1.21 bits per heavy atom. The summed E-state index contributed by atoms with van der Waals surface area (Å²) in [5.74, 6) is 0.835. The van der Waals surface area contributed by atoms with Gasteiger partial charge in [0.15, 0.2) is 0 Å². The van der Waals surface area contributed by atoms with Gasteiger partial charge in [0.05, 0.1) is 16.4 Å². The van der Waals surface area contributed by atoms with Gasteiger partial charge in [-0.3, -0.25) is 4.57 Å². The number of hydrogen-bond donors (Lipinski definition) is 1. The van der Waals surface area contributed by atoms with E-state index in [1.165, 1.54) is 12.8 Å². The Morgan fingerprint density at radius 3 is 2.63 bits per heavy atom. The minimum Gasteiger partial charge on any atom is -0.353 e. The van der Waals surface area contributed by atoms with Gasteiger partial charge >= 0.3 is 0 Å². The van der Waals surface area contributed by atoms with Crippen LogP contribution in [-0.2, 0) is 0 Å². The van der Waals surface area contributed by atoms with Gasteiger partial charge in [0, 0.05) is 17.3 Å². The zero-order chi connectivity index (χ0) is 13.6. The maximum absolute atomic E-state index is 6.33. The van der Waals surface area contributed by atoms with Crippen molar-refractivity contribution < 1.29 is 0 Å². The van der Waals surface area contributed by atoms with Gasteiger partial charge in [0.25, 0.3) is 0 Å². The Hall–Kier alpha value is -1.19. The summed E-state index contributed by atoms with van der Waals surface area (Å²) in [6.07, 6.45) is 4.38. The maximum Gasteiger partial charge on any atom is 0.208 e. The summed E-state index contributed by atoms with van der Waals surface area (Å²) < 4.78 is 1.97. The molecule has 1 aromatic carbocycles. The van der Waals surface area contributed by atoms with Crippen molar-refractivity contribution in [3.63, 3.8) is 0 Å². The number of rotatable bonds is 3. The van der Waals surface area contributed by atoms with Crippen LogP contribution in [0.3, 0.4) is 0 Å². The van der Waals surface area contributed by atoms with Crippen LogP contribution in [0.1, 0.15) is 24.1 Å². The molecule has 3 nitrogen and oxygen atoms in total. The van der Waals surface area contributed by atoms with E-state index in [1.54, 1.807) is 0 Å². The summed E-state index contributed by atoms with van der Waals surface area (Å²) in [4.78, 5) is 4.51. The molecule has 3 rings (SSSR count). The lowest BCUT2D eigenvalue weighted by molar-refractivity contribution is 1.00. The lowest BCUT2D eigenvalue weighted by Crippen LogP contribution is -2.08. The van der Waals surface area contributed by atoms with Crippen LogP contribution in [-0.4, -0.2) is 15.6 Å². The maximum atomic E-state index is 6.33. The largest absolute Gasteiger partial charge is 0.353 e. The molecule has 0 aliphatic heterocycles. The fourth-order valence-electron chi connectivity index (χ4n) is 2.01. The molecule has 0 radical (unpaired) electrons. The molecule has 1 aromatic heterocycles. The first-order valence-electron chi connectivity index (χ1n) is 6.33. The highest BCUT2D eigenvalue weighted by Gasteiger charge is 2.23. The van der Waals surface area contributed by atoms with Crippen LogP contribution in [0.4, 0.5) is 5.95 Å². The summed E-state index contributed by atoms with van der Waals surface area (Å²) >= 11 is 12.5. The van der Waals surface area contributed by atoms with E-state index in [1.807, 2.05) is 36.7 Å². The molecule has 1 aliphatic carbocycles. The van der Waals surface area contributed by atoms with E-state index in [2.05, 4.69) is 10.3 Å². The summed E-state index contributed by atoms with van der Waals surface area (Å²) in [5, 5.41) is 4.81. The quantitative estimate of drug-likeness (QED) is 0.911. The molecule has 1 N–H and O–H groups in total. The minimum atomic E-state index is 0.542. The minimum absolute atomic E-state index is 0.542. The lowest BCUT2D eigenvalue weighted by atomic mass is 10.2. The number of nitrogens with one attached hydrogen (secondary N) is 1. The fraction of sp³-hybridized carbons (Fsp3) is 0.357. The average Bonchev–Trinajstić information content (AvgIpc) is 3.07. The van der Waals surface area contributed by atoms with Crippen molar-refractivity contribution >= 4 is 29.2 Å². The highest BCUT2D eigenvalue weighted by Crippen LogP contribution is 2.31. The summed E-state index contributed by atoms with van der Waals surface area (Å²) in [5.41, 5.74) is 2.79. The van der Waals surface area contributed by atoms with E-state index < -0.39 is 0 Å². The molecule has 5 heteroatoms. The Balaban J connectivity index is 2.07. The summed E-state index contributed by atoms with van der Waals surface area (Å²) in [7, 11) is 0. The second-order valence-corrected chi connectivity index (χ2v) is 5.86. The molecule has 2 aromatic rings. The van der Waals surface area contributed by atoms with Crippen LogP contribution in [0.25, 0.3) is 5.69 Å². The van der Waals surface area contributed by atoms with Crippen LogP contribution >= 0.6 is 23.2 Å². The first kappa shape index (κ1) is 12.8. The molecule has 1 fully saturated rings. The van der Waals surface area contributed by atoms with Crippen molar-refractivity contribution in [1.82, 2.24) is 9.55 Å². The molecule has 0 spiro atoms. The van der Waals surface area contributed by atoms with Gasteiger partial charge in [0.1, 0.15) is 0 Å². The van der Waals surface area contributed by atoms with E-state index in [4.69, 9.17) is 23.2 Å². The third-order valence-electron chi connectivity index (χ3n) is 3.22. The molecule has 19 heavy (non-hydrogen) atoms. The Kier molecular flexibility index (Phi) is 3.19. The molecule has 1 heterocycles. The smallest absolute Gasteiger partial charge is 0.208 e. The number of halogens is 2. The standard InChI is InChI=1S/C14H15Cl2N3/c1-8-5-12(16)13(6-11(8)15)19-7-9(2)17-14(19)18-10-3-4-10/h5-7,10H,3-4H2,1-2H3,(H,17,18). The Labute approximate surface area is 122 Å². The molecule has 1 aliphatic rings. The molecule has 0 saturated heterocycles. The van der Waals surface area contributed by atoms with Gasteiger partial charge < -0.3 is 5.32 Å². The van der Waals surface area contributed by atoms with E-state index in [-0.39, 0.29) is 0 Å². The van der Waals surface area contributed by atoms with Crippen LogP contribution in [0.2, 0.25) is 10.0 Å². The zero-order valence-corrected chi connectivity index (χ0v) is 12.4. The first-order valence-corrected chi connectivity index (χ1v) is 7.09. The first-order chi connectivity index (χ1) is 9.04. The van der Waals surface area contributed by atoms with Crippen LogP contribution in [0.5, 0.6) is 0 Å². The highest BCUT2D eigenvalue weighted by molar-refractivity contribution is 6.35. The molecule has 0 unspecified atom stereocenters. The number of nitrogens with zero attached hydrogens (tertiary/aromatic N) is 2. The van der Waals surface area contributed by atoms with E-state index in [0.717, 1.165) is 22.9 Å². The molecule has 0 bridgehead atoms. The number of anilines is 1. The summed E-state index contributed by atoms with van der Waals surface area (Å²) in [6, 6.07) is 4.31. The van der Waals surface area contributed by atoms with Crippen molar-refractivity contribution in [3.8, 4) is 5.69 Å². The monoisotopic (exact) mass is 295 g/mol. The van der Waals surface area contributed by atoms with Crippen LogP contribution in [0, 0.1) is 13.8 Å².